The Labute approximate surface area is 153 Å². The van der Waals surface area contributed by atoms with E-state index in [1.54, 1.807) is 6.08 Å². The van der Waals surface area contributed by atoms with Gasteiger partial charge in [-0.2, -0.15) is 0 Å². The molecule has 0 spiro atoms. The van der Waals surface area contributed by atoms with Crippen molar-refractivity contribution in [3.05, 3.63) is 48.8 Å². The number of hydrogen-bond acceptors (Lipinski definition) is 5. The first-order chi connectivity index (χ1) is 12.5. The van der Waals surface area contributed by atoms with Crippen LogP contribution in [0.25, 0.3) is 0 Å². The molecule has 1 fully saturated rings. The number of methoxy groups -OCH3 is 1. The van der Waals surface area contributed by atoms with Gasteiger partial charge in [0.05, 0.1) is 7.11 Å². The lowest BCUT2D eigenvalue weighted by Crippen LogP contribution is -2.63. The fraction of sp³-hybridized carbons (Fsp3) is 0.429. The summed E-state index contributed by atoms with van der Waals surface area (Å²) in [5.41, 5.74) is -0.555. The third-order valence-electron chi connectivity index (χ3n) is 5.91. The van der Waals surface area contributed by atoms with Gasteiger partial charge in [0.1, 0.15) is 0 Å². The summed E-state index contributed by atoms with van der Waals surface area (Å²) >= 11 is 0. The van der Waals surface area contributed by atoms with Crippen LogP contribution in [0.4, 0.5) is 0 Å². The van der Waals surface area contributed by atoms with E-state index >= 15 is 0 Å². The van der Waals surface area contributed by atoms with Gasteiger partial charge in [0.2, 0.25) is 12.6 Å². The molecule has 26 heavy (non-hydrogen) atoms. The average molecular weight is 356 g/mol. The van der Waals surface area contributed by atoms with Crippen LogP contribution in [0.2, 0.25) is 0 Å². The number of ether oxygens (including phenoxy) is 3. The Kier molecular flexibility index (Phi) is 4.90. The van der Waals surface area contributed by atoms with E-state index in [4.69, 9.17) is 14.2 Å². The first-order valence-corrected chi connectivity index (χ1v) is 8.77. The lowest BCUT2D eigenvalue weighted by Gasteiger charge is -2.58. The van der Waals surface area contributed by atoms with Crippen LogP contribution in [0.1, 0.15) is 20.3 Å². The topological polar surface area (TPSA) is 61.8 Å². The predicted octanol–water partition coefficient (Wildman–Crippen LogP) is 3.55. The summed E-state index contributed by atoms with van der Waals surface area (Å²) in [6.45, 7) is 8.14. The molecule has 1 aromatic rings. The van der Waals surface area contributed by atoms with Gasteiger partial charge in [0.25, 0.3) is 0 Å². The van der Waals surface area contributed by atoms with Gasteiger partial charge in [-0.1, -0.05) is 32.1 Å². The maximum Gasteiger partial charge on any atom is 0.231 e. The van der Waals surface area contributed by atoms with Crippen molar-refractivity contribution in [2.45, 2.75) is 20.3 Å². The highest BCUT2D eigenvalue weighted by atomic mass is 16.7. The predicted molar refractivity (Wildman–Crippen MR) is 96.7 cm³/mol. The monoisotopic (exact) mass is 356 g/mol. The van der Waals surface area contributed by atoms with Crippen molar-refractivity contribution in [3.63, 3.8) is 0 Å². The van der Waals surface area contributed by atoms with Crippen molar-refractivity contribution in [2.24, 2.45) is 23.2 Å². The van der Waals surface area contributed by atoms with Crippen LogP contribution >= 0.6 is 0 Å². The lowest BCUT2D eigenvalue weighted by atomic mass is 9.42. The van der Waals surface area contributed by atoms with Gasteiger partial charge < -0.3 is 14.2 Å². The molecule has 0 radical (unpaired) electrons. The van der Waals surface area contributed by atoms with Gasteiger partial charge >= 0.3 is 0 Å². The molecule has 2 unspecified atom stereocenters. The zero-order valence-corrected chi connectivity index (χ0v) is 15.4. The van der Waals surface area contributed by atoms with Crippen molar-refractivity contribution < 1.29 is 23.8 Å². The molecule has 0 amide bonds. The number of Topliss-reactive ketones (excluding diaryl/α,β-unsaturated/α-hetero) is 1. The van der Waals surface area contributed by atoms with Gasteiger partial charge in [-0.05, 0) is 30.4 Å². The van der Waals surface area contributed by atoms with E-state index < -0.39 is 5.41 Å². The third kappa shape index (κ3) is 2.62. The van der Waals surface area contributed by atoms with Gasteiger partial charge in [-0.25, -0.2) is 0 Å². The molecule has 0 N–H and O–H groups in total. The molecule has 4 atom stereocenters. The summed E-state index contributed by atoms with van der Waals surface area (Å²) in [5.74, 6) is 2.10. The van der Waals surface area contributed by atoms with Crippen molar-refractivity contribution in [2.75, 3.05) is 13.9 Å². The Bertz CT molecular complexity index is 742. The van der Waals surface area contributed by atoms with Gasteiger partial charge in [0, 0.05) is 17.4 Å². The van der Waals surface area contributed by atoms with Crippen LogP contribution in [0.15, 0.2) is 48.8 Å². The first-order valence-electron chi connectivity index (χ1n) is 8.77. The van der Waals surface area contributed by atoms with Gasteiger partial charge in [0.15, 0.2) is 23.0 Å². The first kappa shape index (κ1) is 18.2. The Morgan fingerprint density at radius 1 is 1.23 bits per heavy atom. The number of carbonyl (C=O) groups excluding carboxylic acids is 2. The second-order valence-corrected chi connectivity index (χ2v) is 6.95. The zero-order chi connectivity index (χ0) is 18.9. The molecule has 5 nitrogen and oxygen atoms in total. The number of para-hydroxylation sites is 2. The summed E-state index contributed by atoms with van der Waals surface area (Å²) in [6.07, 6.45) is 3.68. The van der Waals surface area contributed by atoms with Crippen LogP contribution in [-0.4, -0.2) is 25.5 Å². The molecule has 2 aliphatic carbocycles. The van der Waals surface area contributed by atoms with Crippen LogP contribution in [0.5, 0.6) is 11.5 Å². The van der Waals surface area contributed by atoms with Gasteiger partial charge in [-0.3, -0.25) is 9.59 Å². The standard InChI is InChI=1S/C14H18O3.C7H6O2/c1-5-6-14-9(3)8(2)12(14)13(16)10(17-4)7-11(14)15;1-2-4-7-6(3-1)8-5-9-7/h5,7-9,12H,1,6H2,2-4H3;1-4H,5H2/t8?,9-,12?,14-;/m0./s1. The molecule has 0 aromatic heterocycles. The Morgan fingerprint density at radius 2 is 1.85 bits per heavy atom. The van der Waals surface area contributed by atoms with E-state index in [1.807, 2.05) is 38.1 Å². The van der Waals surface area contributed by atoms with E-state index in [9.17, 15) is 9.59 Å². The molecule has 4 rings (SSSR count). The van der Waals surface area contributed by atoms with Gasteiger partial charge in [-0.15, -0.1) is 6.58 Å². The summed E-state index contributed by atoms with van der Waals surface area (Å²) in [6, 6.07) is 7.63. The molecule has 1 aliphatic heterocycles. The molecule has 1 saturated carbocycles. The summed E-state index contributed by atoms with van der Waals surface area (Å²) in [4.78, 5) is 24.5. The maximum absolute atomic E-state index is 12.3. The number of allylic oxidation sites excluding steroid dienone is 3. The minimum atomic E-state index is -0.555. The van der Waals surface area contributed by atoms with E-state index in [2.05, 4.69) is 6.58 Å². The van der Waals surface area contributed by atoms with Crippen molar-refractivity contribution >= 4 is 11.6 Å². The van der Waals surface area contributed by atoms with Crippen molar-refractivity contribution in [1.82, 2.24) is 0 Å². The molecule has 1 aromatic carbocycles. The van der Waals surface area contributed by atoms with Crippen LogP contribution in [0, 0.1) is 23.2 Å². The Hall–Kier alpha value is -2.56. The minimum Gasteiger partial charge on any atom is -0.493 e. The minimum absolute atomic E-state index is 0.0180. The molecule has 0 bridgehead atoms. The summed E-state index contributed by atoms with van der Waals surface area (Å²) < 4.78 is 15.2. The third-order valence-corrected chi connectivity index (χ3v) is 5.91. The number of ketones is 2. The van der Waals surface area contributed by atoms with Crippen LogP contribution < -0.4 is 9.47 Å². The van der Waals surface area contributed by atoms with Crippen molar-refractivity contribution in [1.29, 1.82) is 0 Å². The summed E-state index contributed by atoms with van der Waals surface area (Å²) in [5, 5.41) is 0. The summed E-state index contributed by atoms with van der Waals surface area (Å²) in [7, 11) is 1.43. The number of carbonyl (C=O) groups is 2. The highest BCUT2D eigenvalue weighted by Gasteiger charge is 2.65. The lowest BCUT2D eigenvalue weighted by molar-refractivity contribution is -0.168. The Balaban J connectivity index is 0.000000181. The number of fused-ring (bicyclic) bond motifs is 2. The molecular weight excluding hydrogens is 332 g/mol. The van der Waals surface area contributed by atoms with E-state index in [1.165, 1.54) is 13.2 Å². The van der Waals surface area contributed by atoms with Crippen molar-refractivity contribution in [3.8, 4) is 11.5 Å². The van der Waals surface area contributed by atoms with E-state index in [0.29, 0.717) is 13.2 Å². The fourth-order valence-electron chi connectivity index (χ4n) is 4.38. The maximum atomic E-state index is 12.3. The zero-order valence-electron chi connectivity index (χ0n) is 15.4. The largest absolute Gasteiger partial charge is 0.493 e. The highest BCUT2D eigenvalue weighted by Crippen LogP contribution is 2.61. The quantitative estimate of drug-likeness (QED) is 0.775. The smallest absolute Gasteiger partial charge is 0.231 e. The molecule has 138 valence electrons. The number of hydrogen-bond donors (Lipinski definition) is 0. The SMILES string of the molecule is C=CC[C@]12C(=O)C=C(OC)C(=O)C1C(C)[C@@H]2C.c1ccc2c(c1)OCO2. The number of benzene rings is 1. The second kappa shape index (κ2) is 6.98. The number of rotatable bonds is 3. The fourth-order valence-corrected chi connectivity index (χ4v) is 4.38. The average Bonchev–Trinajstić information content (AvgIpc) is 3.13. The van der Waals surface area contributed by atoms with E-state index in [-0.39, 0.29) is 35.1 Å². The molecule has 0 saturated heterocycles. The second-order valence-electron chi connectivity index (χ2n) is 6.95. The molecule has 5 heteroatoms. The molecule has 1 heterocycles. The normalized spacial score (nSPS) is 31.0. The van der Waals surface area contributed by atoms with Crippen LogP contribution in [0.3, 0.4) is 0 Å². The molecular formula is C21H24O5. The Morgan fingerprint density at radius 3 is 2.38 bits per heavy atom. The van der Waals surface area contributed by atoms with Crippen LogP contribution in [-0.2, 0) is 14.3 Å². The molecule has 3 aliphatic rings. The van der Waals surface area contributed by atoms with E-state index in [0.717, 1.165) is 11.5 Å². The highest BCUT2D eigenvalue weighted by molar-refractivity contribution is 6.13.